The van der Waals surface area contributed by atoms with Gasteiger partial charge >= 0.3 is 0 Å². The molecule has 2 rings (SSSR count). The highest BCUT2D eigenvalue weighted by Crippen LogP contribution is 2.26. The number of aryl methyl sites for hydroxylation is 1. The topological polar surface area (TPSA) is 54.3 Å². The number of hydrogen-bond acceptors (Lipinski definition) is 2. The highest BCUT2D eigenvalue weighted by Gasteiger charge is 2.11. The van der Waals surface area contributed by atoms with E-state index in [4.69, 9.17) is 11.6 Å². The molecule has 100 valence electrons. The number of phenolic OH excluding ortho intramolecular Hbond substituents is 1. The van der Waals surface area contributed by atoms with Gasteiger partial charge in [-0.05, 0) is 30.7 Å². The second-order valence-electron chi connectivity index (χ2n) is 4.21. The van der Waals surface area contributed by atoms with E-state index in [1.54, 1.807) is 12.1 Å². The standard InChI is InChI=1S/C14H15ClN2O2/c1-2-7-17-8-3-4-12(17)14(19)16-10-5-6-11(15)13(18)9-10/h3-6,8-9,18H,2,7H2,1H3,(H,16,19). The molecule has 4 nitrogen and oxygen atoms in total. The van der Waals surface area contributed by atoms with Crippen molar-refractivity contribution in [3.05, 3.63) is 47.2 Å². The van der Waals surface area contributed by atoms with Crippen molar-refractivity contribution < 1.29 is 9.90 Å². The van der Waals surface area contributed by atoms with Gasteiger partial charge < -0.3 is 15.0 Å². The summed E-state index contributed by atoms with van der Waals surface area (Å²) in [6.45, 7) is 2.85. The molecule has 0 saturated heterocycles. The lowest BCUT2D eigenvalue weighted by Crippen LogP contribution is -2.16. The van der Waals surface area contributed by atoms with Crippen LogP contribution in [-0.4, -0.2) is 15.6 Å². The Hall–Kier alpha value is -1.94. The Morgan fingerprint density at radius 3 is 2.89 bits per heavy atom. The van der Waals surface area contributed by atoms with Gasteiger partial charge in [-0.1, -0.05) is 18.5 Å². The zero-order valence-electron chi connectivity index (χ0n) is 10.6. The van der Waals surface area contributed by atoms with Gasteiger partial charge in [-0.15, -0.1) is 0 Å². The molecule has 19 heavy (non-hydrogen) atoms. The van der Waals surface area contributed by atoms with Crippen LogP contribution in [0.25, 0.3) is 0 Å². The van der Waals surface area contributed by atoms with Gasteiger partial charge in [-0.25, -0.2) is 0 Å². The smallest absolute Gasteiger partial charge is 0.272 e. The number of hydrogen-bond donors (Lipinski definition) is 2. The van der Waals surface area contributed by atoms with Crippen LogP contribution in [-0.2, 0) is 6.54 Å². The van der Waals surface area contributed by atoms with Crippen LogP contribution < -0.4 is 5.32 Å². The number of nitrogens with one attached hydrogen (secondary N) is 1. The predicted octanol–water partition coefficient (Wildman–Crippen LogP) is 3.51. The second-order valence-corrected chi connectivity index (χ2v) is 4.61. The zero-order chi connectivity index (χ0) is 13.8. The Balaban J connectivity index is 2.16. The number of carbonyl (C=O) groups is 1. The molecule has 1 heterocycles. The molecule has 1 amide bonds. The molecule has 2 aromatic rings. The molecule has 1 aromatic heterocycles. The molecule has 0 aliphatic carbocycles. The van der Waals surface area contributed by atoms with Crippen LogP contribution in [0.2, 0.25) is 5.02 Å². The normalized spacial score (nSPS) is 10.4. The maximum Gasteiger partial charge on any atom is 0.272 e. The first-order chi connectivity index (χ1) is 9.11. The molecule has 0 aliphatic rings. The maximum absolute atomic E-state index is 12.1. The first-order valence-corrected chi connectivity index (χ1v) is 6.44. The number of nitrogens with zero attached hydrogens (tertiary/aromatic N) is 1. The number of benzene rings is 1. The largest absolute Gasteiger partial charge is 0.506 e. The summed E-state index contributed by atoms with van der Waals surface area (Å²) in [6.07, 6.45) is 2.83. The summed E-state index contributed by atoms with van der Waals surface area (Å²) in [7, 11) is 0. The van der Waals surface area contributed by atoms with Crippen LogP contribution in [0.5, 0.6) is 5.75 Å². The number of phenols is 1. The number of rotatable bonds is 4. The fourth-order valence-electron chi connectivity index (χ4n) is 1.84. The SMILES string of the molecule is CCCn1cccc1C(=O)Nc1ccc(Cl)c(O)c1. The van der Waals surface area contributed by atoms with Crippen LogP contribution in [0.3, 0.4) is 0 Å². The minimum atomic E-state index is -0.208. The highest BCUT2D eigenvalue weighted by molar-refractivity contribution is 6.32. The van der Waals surface area contributed by atoms with Gasteiger partial charge in [-0.3, -0.25) is 4.79 Å². The quantitative estimate of drug-likeness (QED) is 0.899. The fourth-order valence-corrected chi connectivity index (χ4v) is 1.96. The molecule has 1 aromatic carbocycles. The Labute approximate surface area is 116 Å². The number of carbonyl (C=O) groups excluding carboxylic acids is 1. The lowest BCUT2D eigenvalue weighted by Gasteiger charge is -2.09. The molecule has 0 aliphatic heterocycles. The van der Waals surface area contributed by atoms with Crippen LogP contribution in [0, 0.1) is 0 Å². The predicted molar refractivity (Wildman–Crippen MR) is 75.8 cm³/mol. The molecule has 5 heteroatoms. The zero-order valence-corrected chi connectivity index (χ0v) is 11.3. The van der Waals surface area contributed by atoms with Crippen LogP contribution in [0.15, 0.2) is 36.5 Å². The third-order valence-corrected chi connectivity index (χ3v) is 3.05. The summed E-state index contributed by atoms with van der Waals surface area (Å²) in [5, 5.41) is 12.5. The van der Waals surface area contributed by atoms with E-state index in [0.717, 1.165) is 13.0 Å². The van der Waals surface area contributed by atoms with Crippen LogP contribution in [0.4, 0.5) is 5.69 Å². The van der Waals surface area contributed by atoms with Gasteiger partial charge in [0.1, 0.15) is 11.4 Å². The molecular weight excluding hydrogens is 264 g/mol. The molecular formula is C14H15ClN2O2. The van der Waals surface area contributed by atoms with Crippen molar-refractivity contribution in [1.29, 1.82) is 0 Å². The van der Waals surface area contributed by atoms with E-state index < -0.39 is 0 Å². The van der Waals surface area contributed by atoms with Gasteiger partial charge in [0.25, 0.3) is 5.91 Å². The molecule has 0 unspecified atom stereocenters. The van der Waals surface area contributed by atoms with E-state index in [9.17, 15) is 9.90 Å². The van der Waals surface area contributed by atoms with E-state index in [1.165, 1.54) is 12.1 Å². The number of amides is 1. The van der Waals surface area contributed by atoms with Crippen molar-refractivity contribution >= 4 is 23.2 Å². The molecule has 0 bridgehead atoms. The monoisotopic (exact) mass is 278 g/mol. The second kappa shape index (κ2) is 5.80. The van der Waals surface area contributed by atoms with Crippen molar-refractivity contribution in [3.63, 3.8) is 0 Å². The van der Waals surface area contributed by atoms with E-state index in [1.807, 2.05) is 16.8 Å². The van der Waals surface area contributed by atoms with E-state index in [-0.39, 0.29) is 16.7 Å². The minimum Gasteiger partial charge on any atom is -0.506 e. The third kappa shape index (κ3) is 3.09. The Morgan fingerprint density at radius 1 is 1.42 bits per heavy atom. The van der Waals surface area contributed by atoms with Crippen LogP contribution >= 0.6 is 11.6 Å². The van der Waals surface area contributed by atoms with Gasteiger partial charge in [0, 0.05) is 24.5 Å². The summed E-state index contributed by atoms with van der Waals surface area (Å²) in [5.41, 5.74) is 1.10. The summed E-state index contributed by atoms with van der Waals surface area (Å²) in [4.78, 5) is 12.1. The average molecular weight is 279 g/mol. The van der Waals surface area contributed by atoms with Gasteiger partial charge in [0.05, 0.1) is 5.02 Å². The van der Waals surface area contributed by atoms with Gasteiger partial charge in [0.15, 0.2) is 0 Å². The summed E-state index contributed by atoms with van der Waals surface area (Å²) < 4.78 is 1.89. The van der Waals surface area contributed by atoms with Crippen LogP contribution in [0.1, 0.15) is 23.8 Å². The molecule has 0 spiro atoms. The third-order valence-electron chi connectivity index (χ3n) is 2.73. The molecule has 0 radical (unpaired) electrons. The van der Waals surface area contributed by atoms with Crippen molar-refractivity contribution in [2.24, 2.45) is 0 Å². The average Bonchev–Trinajstić information content (AvgIpc) is 2.83. The lowest BCUT2D eigenvalue weighted by atomic mass is 10.3. The van der Waals surface area contributed by atoms with E-state index in [0.29, 0.717) is 11.4 Å². The molecule has 0 fully saturated rings. The number of aromatic hydroxyl groups is 1. The Bertz CT molecular complexity index is 593. The van der Waals surface area contributed by atoms with Crippen molar-refractivity contribution in [2.45, 2.75) is 19.9 Å². The minimum absolute atomic E-state index is 0.0524. The maximum atomic E-state index is 12.1. The van der Waals surface area contributed by atoms with E-state index in [2.05, 4.69) is 12.2 Å². The van der Waals surface area contributed by atoms with Crippen molar-refractivity contribution in [3.8, 4) is 5.75 Å². The number of halogens is 1. The van der Waals surface area contributed by atoms with Crippen molar-refractivity contribution in [1.82, 2.24) is 4.57 Å². The molecule has 0 atom stereocenters. The highest BCUT2D eigenvalue weighted by atomic mass is 35.5. The first-order valence-electron chi connectivity index (χ1n) is 6.07. The number of aromatic nitrogens is 1. The summed E-state index contributed by atoms with van der Waals surface area (Å²) in [5.74, 6) is -0.261. The number of anilines is 1. The first kappa shape index (κ1) is 13.5. The van der Waals surface area contributed by atoms with Gasteiger partial charge in [0.2, 0.25) is 0 Å². The van der Waals surface area contributed by atoms with Gasteiger partial charge in [-0.2, -0.15) is 0 Å². The molecule has 0 saturated carbocycles. The Morgan fingerprint density at radius 2 is 2.21 bits per heavy atom. The molecule has 2 N–H and O–H groups in total. The summed E-state index contributed by atoms with van der Waals surface area (Å²) in [6, 6.07) is 8.21. The van der Waals surface area contributed by atoms with E-state index >= 15 is 0 Å². The Kier molecular flexibility index (Phi) is 4.12. The van der Waals surface area contributed by atoms with Crippen molar-refractivity contribution in [2.75, 3.05) is 5.32 Å². The summed E-state index contributed by atoms with van der Waals surface area (Å²) >= 11 is 5.72. The fraction of sp³-hybridized carbons (Fsp3) is 0.214. The lowest BCUT2D eigenvalue weighted by molar-refractivity contribution is 0.101.